The van der Waals surface area contributed by atoms with Gasteiger partial charge in [0.1, 0.15) is 0 Å². The van der Waals surface area contributed by atoms with Gasteiger partial charge in [0.2, 0.25) is 0 Å². The SMILES string of the molecule is CSCCCCCCNC1CS(=O)(=O)c2ccccc21. The Bertz CT molecular complexity index is 528. The summed E-state index contributed by atoms with van der Waals surface area (Å²) in [5.74, 6) is 1.44. The Morgan fingerprint density at radius 3 is 2.75 bits per heavy atom. The minimum atomic E-state index is -3.07. The molecule has 0 bridgehead atoms. The molecular weight excluding hydrogens is 290 g/mol. The van der Waals surface area contributed by atoms with Gasteiger partial charge in [-0.25, -0.2) is 8.42 Å². The molecule has 112 valence electrons. The lowest BCUT2D eigenvalue weighted by Crippen LogP contribution is -2.23. The molecule has 0 radical (unpaired) electrons. The van der Waals surface area contributed by atoms with Crippen molar-refractivity contribution in [2.75, 3.05) is 24.3 Å². The van der Waals surface area contributed by atoms with Crippen LogP contribution in [0.15, 0.2) is 29.2 Å². The Hall–Kier alpha value is -0.520. The summed E-state index contributed by atoms with van der Waals surface area (Å²) < 4.78 is 24.1. The fraction of sp³-hybridized carbons (Fsp3) is 0.600. The van der Waals surface area contributed by atoms with E-state index >= 15 is 0 Å². The zero-order valence-electron chi connectivity index (χ0n) is 12.0. The number of sulfone groups is 1. The van der Waals surface area contributed by atoms with Gasteiger partial charge in [0.15, 0.2) is 9.84 Å². The standard InChI is InChI=1S/C15H23NO2S2/c1-19-11-7-3-2-6-10-16-14-12-20(17,18)15-9-5-4-8-13(14)15/h4-5,8-9,14,16H,2-3,6-7,10-12H2,1H3. The molecule has 1 heterocycles. The Kier molecular flexibility index (Phi) is 5.93. The van der Waals surface area contributed by atoms with Crippen LogP contribution < -0.4 is 5.32 Å². The number of fused-ring (bicyclic) bond motifs is 1. The summed E-state index contributed by atoms with van der Waals surface area (Å²) in [5, 5.41) is 3.40. The summed E-state index contributed by atoms with van der Waals surface area (Å²) in [4.78, 5) is 0.512. The first-order valence-electron chi connectivity index (χ1n) is 7.19. The van der Waals surface area contributed by atoms with Crippen molar-refractivity contribution in [3.8, 4) is 0 Å². The van der Waals surface area contributed by atoms with E-state index < -0.39 is 9.84 Å². The smallest absolute Gasteiger partial charge is 0.180 e. The van der Waals surface area contributed by atoms with Gasteiger partial charge in [0.05, 0.1) is 10.6 Å². The topological polar surface area (TPSA) is 46.2 Å². The molecule has 3 nitrogen and oxygen atoms in total. The Morgan fingerprint density at radius 2 is 1.95 bits per heavy atom. The molecule has 0 fully saturated rings. The van der Waals surface area contributed by atoms with Crippen LogP contribution in [0.2, 0.25) is 0 Å². The summed E-state index contributed by atoms with van der Waals surface area (Å²) >= 11 is 1.90. The quantitative estimate of drug-likeness (QED) is 0.749. The van der Waals surface area contributed by atoms with Crippen molar-refractivity contribution in [1.29, 1.82) is 0 Å². The van der Waals surface area contributed by atoms with Crippen LogP contribution in [0.5, 0.6) is 0 Å². The van der Waals surface area contributed by atoms with Crippen LogP contribution in [0.4, 0.5) is 0 Å². The van der Waals surface area contributed by atoms with E-state index in [4.69, 9.17) is 0 Å². The summed E-state index contributed by atoms with van der Waals surface area (Å²) in [6.45, 7) is 0.897. The Balaban J connectivity index is 1.78. The lowest BCUT2D eigenvalue weighted by molar-refractivity contribution is 0.537. The van der Waals surface area contributed by atoms with Gasteiger partial charge in [-0.2, -0.15) is 11.8 Å². The molecule has 5 heteroatoms. The maximum atomic E-state index is 12.0. The van der Waals surface area contributed by atoms with Gasteiger partial charge in [-0.1, -0.05) is 31.0 Å². The first-order chi connectivity index (χ1) is 9.65. The molecule has 0 spiro atoms. The van der Waals surface area contributed by atoms with E-state index in [1.54, 1.807) is 12.1 Å². The van der Waals surface area contributed by atoms with E-state index in [0.717, 1.165) is 18.5 Å². The van der Waals surface area contributed by atoms with Crippen molar-refractivity contribution < 1.29 is 8.42 Å². The minimum absolute atomic E-state index is 0.0256. The number of hydrogen-bond donors (Lipinski definition) is 1. The number of unbranched alkanes of at least 4 members (excludes halogenated alkanes) is 3. The predicted molar refractivity (Wildman–Crippen MR) is 86.1 cm³/mol. The van der Waals surface area contributed by atoms with Crippen molar-refractivity contribution in [2.45, 2.75) is 36.6 Å². The second kappa shape index (κ2) is 7.48. The van der Waals surface area contributed by atoms with E-state index in [-0.39, 0.29) is 11.8 Å². The maximum absolute atomic E-state index is 12.0. The van der Waals surface area contributed by atoms with Gasteiger partial charge in [0.25, 0.3) is 0 Å². The molecule has 1 aromatic carbocycles. The highest BCUT2D eigenvalue weighted by Crippen LogP contribution is 2.32. The zero-order valence-corrected chi connectivity index (χ0v) is 13.6. The number of thioether (sulfide) groups is 1. The highest BCUT2D eigenvalue weighted by Gasteiger charge is 2.33. The van der Waals surface area contributed by atoms with Gasteiger partial charge >= 0.3 is 0 Å². The molecule has 0 aliphatic carbocycles. The number of nitrogens with one attached hydrogen (secondary N) is 1. The van der Waals surface area contributed by atoms with Crippen LogP contribution in [0.3, 0.4) is 0 Å². The Labute approximate surface area is 126 Å². The first-order valence-corrected chi connectivity index (χ1v) is 10.2. The number of rotatable bonds is 8. The third-order valence-electron chi connectivity index (χ3n) is 3.68. The molecule has 1 aliphatic rings. The van der Waals surface area contributed by atoms with Crippen LogP contribution in [-0.4, -0.2) is 32.7 Å². The second-order valence-corrected chi connectivity index (χ2v) is 8.22. The highest BCUT2D eigenvalue weighted by atomic mass is 32.2. The second-order valence-electron chi connectivity index (χ2n) is 5.23. The molecule has 20 heavy (non-hydrogen) atoms. The van der Waals surface area contributed by atoms with Crippen LogP contribution in [0, 0.1) is 0 Å². The van der Waals surface area contributed by atoms with Gasteiger partial charge in [-0.15, -0.1) is 0 Å². The van der Waals surface area contributed by atoms with Crippen molar-refractivity contribution in [2.24, 2.45) is 0 Å². The van der Waals surface area contributed by atoms with Crippen LogP contribution in [-0.2, 0) is 9.84 Å². The summed E-state index contributed by atoms with van der Waals surface area (Å²) in [5.41, 5.74) is 0.940. The molecule has 0 aromatic heterocycles. The largest absolute Gasteiger partial charge is 0.309 e. The average Bonchev–Trinajstić information content (AvgIpc) is 2.70. The predicted octanol–water partition coefficient (Wildman–Crippen LogP) is 3.03. The molecule has 1 N–H and O–H groups in total. The van der Waals surface area contributed by atoms with Crippen molar-refractivity contribution in [1.82, 2.24) is 5.32 Å². The van der Waals surface area contributed by atoms with Gasteiger partial charge in [-0.05, 0) is 43.0 Å². The normalized spacial score (nSPS) is 19.9. The summed E-state index contributed by atoms with van der Waals surface area (Å²) in [6, 6.07) is 7.33. The molecule has 1 aromatic rings. The third-order valence-corrected chi connectivity index (χ3v) is 6.19. The number of benzene rings is 1. The third kappa shape index (κ3) is 3.99. The van der Waals surface area contributed by atoms with Crippen LogP contribution >= 0.6 is 11.8 Å². The molecule has 0 amide bonds. The minimum Gasteiger partial charge on any atom is -0.309 e. The van der Waals surface area contributed by atoms with E-state index in [1.165, 1.54) is 25.0 Å². The van der Waals surface area contributed by atoms with E-state index in [1.807, 2.05) is 23.9 Å². The van der Waals surface area contributed by atoms with E-state index in [2.05, 4.69) is 11.6 Å². The van der Waals surface area contributed by atoms with Gasteiger partial charge in [-0.3, -0.25) is 0 Å². The van der Waals surface area contributed by atoms with E-state index in [0.29, 0.717) is 4.90 Å². The van der Waals surface area contributed by atoms with Crippen LogP contribution in [0.1, 0.15) is 37.3 Å². The van der Waals surface area contributed by atoms with E-state index in [9.17, 15) is 8.42 Å². The average molecular weight is 313 g/mol. The zero-order chi connectivity index (χ0) is 14.4. The summed E-state index contributed by atoms with van der Waals surface area (Å²) in [6.07, 6.45) is 7.02. The molecule has 2 rings (SSSR count). The van der Waals surface area contributed by atoms with Crippen LogP contribution in [0.25, 0.3) is 0 Å². The van der Waals surface area contributed by atoms with Crippen molar-refractivity contribution in [3.63, 3.8) is 0 Å². The lowest BCUT2D eigenvalue weighted by Gasteiger charge is -2.12. The molecule has 1 unspecified atom stereocenters. The molecular formula is C15H23NO2S2. The summed E-state index contributed by atoms with van der Waals surface area (Å²) in [7, 11) is -3.07. The molecule has 0 saturated carbocycles. The first kappa shape index (κ1) is 15.9. The van der Waals surface area contributed by atoms with Crippen molar-refractivity contribution >= 4 is 21.6 Å². The monoisotopic (exact) mass is 313 g/mol. The maximum Gasteiger partial charge on any atom is 0.180 e. The fourth-order valence-corrected chi connectivity index (χ4v) is 4.88. The highest BCUT2D eigenvalue weighted by molar-refractivity contribution is 7.98. The van der Waals surface area contributed by atoms with Crippen molar-refractivity contribution in [3.05, 3.63) is 29.8 Å². The fourth-order valence-electron chi connectivity index (χ4n) is 2.62. The number of hydrogen-bond acceptors (Lipinski definition) is 4. The van der Waals surface area contributed by atoms with Gasteiger partial charge < -0.3 is 5.32 Å². The molecule has 1 atom stereocenters. The molecule has 1 aliphatic heterocycles. The molecule has 0 saturated heterocycles. The Morgan fingerprint density at radius 1 is 1.20 bits per heavy atom. The lowest BCUT2D eigenvalue weighted by atomic mass is 10.1. The van der Waals surface area contributed by atoms with Gasteiger partial charge in [0, 0.05) is 6.04 Å².